The zero-order valence-electron chi connectivity index (χ0n) is 18.3. The van der Waals surface area contributed by atoms with Crippen molar-refractivity contribution in [2.24, 2.45) is 0 Å². The lowest BCUT2D eigenvalue weighted by atomic mass is 10.00. The van der Waals surface area contributed by atoms with Crippen LogP contribution in [0, 0.1) is 6.92 Å². The van der Waals surface area contributed by atoms with Crippen LogP contribution >= 0.6 is 0 Å². The van der Waals surface area contributed by atoms with E-state index in [-0.39, 0.29) is 12.1 Å². The fourth-order valence-electron chi connectivity index (χ4n) is 4.47. The molecule has 1 unspecified atom stereocenters. The summed E-state index contributed by atoms with van der Waals surface area (Å²) in [5, 5.41) is 6.08. The van der Waals surface area contributed by atoms with Gasteiger partial charge in [0, 0.05) is 57.7 Å². The summed E-state index contributed by atoms with van der Waals surface area (Å²) in [5.74, 6) is 0. The molecule has 2 amide bonds. The van der Waals surface area contributed by atoms with Crippen LogP contribution in [0.15, 0.2) is 42.5 Å². The lowest BCUT2D eigenvalue weighted by molar-refractivity contribution is 0.111. The van der Waals surface area contributed by atoms with E-state index in [1.54, 1.807) is 0 Å². The van der Waals surface area contributed by atoms with E-state index in [2.05, 4.69) is 57.6 Å². The minimum atomic E-state index is -0.152. The molecule has 6 heteroatoms. The number of carbonyl (C=O) groups is 1. The van der Waals surface area contributed by atoms with Crippen LogP contribution < -0.4 is 15.5 Å². The van der Waals surface area contributed by atoms with Gasteiger partial charge in [-0.15, -0.1) is 0 Å². The van der Waals surface area contributed by atoms with Gasteiger partial charge < -0.3 is 20.4 Å². The molecular formula is C24H33N5O. The second-order valence-electron chi connectivity index (χ2n) is 8.62. The Labute approximate surface area is 179 Å². The van der Waals surface area contributed by atoms with Gasteiger partial charge in [0.25, 0.3) is 0 Å². The number of hydrogen-bond acceptors (Lipinski definition) is 4. The van der Waals surface area contributed by atoms with Crippen LogP contribution in [-0.2, 0) is 6.42 Å². The predicted molar refractivity (Wildman–Crippen MR) is 123 cm³/mol. The number of likely N-dealkylation sites (N-methyl/N-ethyl adjacent to an activating group) is 2. The number of aryl methyl sites for hydroxylation is 1. The molecule has 2 aliphatic heterocycles. The molecule has 0 aromatic heterocycles. The maximum Gasteiger partial charge on any atom is 0.319 e. The van der Waals surface area contributed by atoms with Gasteiger partial charge in [-0.25, -0.2) is 4.79 Å². The SMILES string of the molecule is Cc1cccc(NC(=O)NCC(c2ccc3c(c2)CCN3C)N2CCN(C)CC2)c1. The molecule has 0 aliphatic carbocycles. The molecule has 6 nitrogen and oxygen atoms in total. The van der Waals surface area contributed by atoms with Gasteiger partial charge in [-0.3, -0.25) is 4.90 Å². The van der Waals surface area contributed by atoms with E-state index in [1.807, 2.05) is 31.2 Å². The predicted octanol–water partition coefficient (Wildman–Crippen LogP) is 3.10. The molecule has 2 aromatic rings. The maximum absolute atomic E-state index is 12.6. The van der Waals surface area contributed by atoms with Crippen molar-refractivity contribution >= 4 is 17.4 Å². The number of hydrogen-bond donors (Lipinski definition) is 2. The fraction of sp³-hybridized carbons (Fsp3) is 0.458. The number of anilines is 2. The Hall–Kier alpha value is -2.57. The van der Waals surface area contributed by atoms with E-state index in [4.69, 9.17) is 0 Å². The Kier molecular flexibility index (Phi) is 6.25. The van der Waals surface area contributed by atoms with Crippen molar-refractivity contribution in [3.63, 3.8) is 0 Å². The third-order valence-electron chi connectivity index (χ3n) is 6.33. The number of carbonyl (C=O) groups excluding carboxylic acids is 1. The largest absolute Gasteiger partial charge is 0.374 e. The first-order valence-electron chi connectivity index (χ1n) is 10.9. The normalized spacial score (nSPS) is 18.2. The molecule has 0 spiro atoms. The zero-order chi connectivity index (χ0) is 21.1. The minimum Gasteiger partial charge on any atom is -0.374 e. The number of rotatable bonds is 5. The summed E-state index contributed by atoms with van der Waals surface area (Å²) in [6.45, 7) is 7.83. The number of benzene rings is 2. The molecule has 2 aliphatic rings. The molecule has 160 valence electrons. The summed E-state index contributed by atoms with van der Waals surface area (Å²) in [7, 11) is 4.33. The van der Waals surface area contributed by atoms with E-state index < -0.39 is 0 Å². The highest BCUT2D eigenvalue weighted by Gasteiger charge is 2.26. The van der Waals surface area contributed by atoms with Crippen molar-refractivity contribution in [1.82, 2.24) is 15.1 Å². The molecule has 30 heavy (non-hydrogen) atoms. The molecule has 1 atom stereocenters. The van der Waals surface area contributed by atoms with E-state index in [9.17, 15) is 4.79 Å². The van der Waals surface area contributed by atoms with Gasteiger partial charge in [0.05, 0.1) is 6.04 Å². The van der Waals surface area contributed by atoms with Crippen LogP contribution in [0.25, 0.3) is 0 Å². The molecule has 1 fully saturated rings. The molecule has 2 heterocycles. The van der Waals surface area contributed by atoms with Gasteiger partial charge in [0.1, 0.15) is 0 Å². The smallest absolute Gasteiger partial charge is 0.319 e. The van der Waals surface area contributed by atoms with Crippen molar-refractivity contribution in [3.8, 4) is 0 Å². The quantitative estimate of drug-likeness (QED) is 0.800. The second kappa shape index (κ2) is 9.06. The number of urea groups is 1. The first-order chi connectivity index (χ1) is 14.5. The van der Waals surface area contributed by atoms with Crippen LogP contribution in [0.1, 0.15) is 22.7 Å². The van der Waals surface area contributed by atoms with Gasteiger partial charge in [-0.05, 0) is 55.3 Å². The maximum atomic E-state index is 12.6. The highest BCUT2D eigenvalue weighted by atomic mass is 16.2. The Morgan fingerprint density at radius 2 is 1.83 bits per heavy atom. The van der Waals surface area contributed by atoms with Crippen molar-refractivity contribution in [2.45, 2.75) is 19.4 Å². The van der Waals surface area contributed by atoms with Crippen LogP contribution in [0.3, 0.4) is 0 Å². The van der Waals surface area contributed by atoms with Crippen molar-refractivity contribution in [1.29, 1.82) is 0 Å². The topological polar surface area (TPSA) is 50.9 Å². The lowest BCUT2D eigenvalue weighted by Gasteiger charge is -2.38. The van der Waals surface area contributed by atoms with Crippen LogP contribution in [0.5, 0.6) is 0 Å². The van der Waals surface area contributed by atoms with E-state index >= 15 is 0 Å². The summed E-state index contributed by atoms with van der Waals surface area (Å²) in [6, 6.07) is 14.7. The standard InChI is InChI=1S/C24H33N5O/c1-18-5-4-6-21(15-18)26-24(30)25-17-23(29-13-11-27(2)12-14-29)19-7-8-22-20(16-19)9-10-28(22)3/h4-8,15-16,23H,9-14,17H2,1-3H3,(H2,25,26,30). The van der Waals surface area contributed by atoms with Crippen LogP contribution in [-0.4, -0.2) is 69.2 Å². The Morgan fingerprint density at radius 1 is 1.03 bits per heavy atom. The molecule has 1 saturated heterocycles. The van der Waals surface area contributed by atoms with Gasteiger partial charge in [-0.2, -0.15) is 0 Å². The second-order valence-corrected chi connectivity index (χ2v) is 8.62. The van der Waals surface area contributed by atoms with Crippen molar-refractivity contribution in [3.05, 3.63) is 59.2 Å². The molecule has 0 radical (unpaired) electrons. The number of amides is 2. The third kappa shape index (κ3) is 4.77. The van der Waals surface area contributed by atoms with Crippen molar-refractivity contribution in [2.75, 3.05) is 63.6 Å². The molecule has 0 bridgehead atoms. The summed E-state index contributed by atoms with van der Waals surface area (Å²) >= 11 is 0. The van der Waals surface area contributed by atoms with Crippen LogP contribution in [0.4, 0.5) is 16.2 Å². The molecule has 0 saturated carbocycles. The number of nitrogens with one attached hydrogen (secondary N) is 2. The number of fused-ring (bicyclic) bond motifs is 1. The highest BCUT2D eigenvalue weighted by molar-refractivity contribution is 5.89. The first-order valence-corrected chi connectivity index (χ1v) is 10.9. The average Bonchev–Trinajstić information content (AvgIpc) is 3.10. The highest BCUT2D eigenvalue weighted by Crippen LogP contribution is 2.31. The van der Waals surface area contributed by atoms with E-state index in [1.165, 1.54) is 16.8 Å². The van der Waals surface area contributed by atoms with Gasteiger partial charge >= 0.3 is 6.03 Å². The molecule has 2 N–H and O–H groups in total. The number of nitrogens with zero attached hydrogens (tertiary/aromatic N) is 3. The number of piperazine rings is 1. The monoisotopic (exact) mass is 407 g/mol. The van der Waals surface area contributed by atoms with Gasteiger partial charge in [0.2, 0.25) is 0 Å². The summed E-state index contributed by atoms with van der Waals surface area (Å²) in [4.78, 5) is 19.8. The molecular weight excluding hydrogens is 374 g/mol. The third-order valence-corrected chi connectivity index (χ3v) is 6.33. The average molecular weight is 408 g/mol. The Morgan fingerprint density at radius 3 is 2.60 bits per heavy atom. The minimum absolute atomic E-state index is 0.152. The molecule has 2 aromatic carbocycles. The summed E-state index contributed by atoms with van der Waals surface area (Å²) in [5.41, 5.74) is 6.00. The zero-order valence-corrected chi connectivity index (χ0v) is 18.3. The Bertz CT molecular complexity index is 891. The Balaban J connectivity index is 1.47. The van der Waals surface area contributed by atoms with Gasteiger partial charge in [-0.1, -0.05) is 24.3 Å². The van der Waals surface area contributed by atoms with Crippen LogP contribution in [0.2, 0.25) is 0 Å². The van der Waals surface area contributed by atoms with Crippen molar-refractivity contribution < 1.29 is 4.79 Å². The lowest BCUT2D eigenvalue weighted by Crippen LogP contribution is -2.48. The first kappa shape index (κ1) is 20.7. The summed E-state index contributed by atoms with van der Waals surface area (Å²) < 4.78 is 0. The van der Waals surface area contributed by atoms with E-state index in [0.717, 1.165) is 50.4 Å². The summed E-state index contributed by atoms with van der Waals surface area (Å²) in [6.07, 6.45) is 1.09. The van der Waals surface area contributed by atoms with E-state index in [0.29, 0.717) is 6.54 Å². The fourth-order valence-corrected chi connectivity index (χ4v) is 4.47. The molecule has 4 rings (SSSR count). The van der Waals surface area contributed by atoms with Gasteiger partial charge in [0.15, 0.2) is 0 Å².